The number of carbonyl (C=O) groups is 2. The minimum Gasteiger partial charge on any atom is -0.360 e. The van der Waals surface area contributed by atoms with Crippen LogP contribution in [0.3, 0.4) is 0 Å². The number of H-pyrrole nitrogens is 1. The summed E-state index contributed by atoms with van der Waals surface area (Å²) in [5.74, 6) is -0.270. The van der Waals surface area contributed by atoms with E-state index in [0.717, 1.165) is 35.0 Å². The van der Waals surface area contributed by atoms with Gasteiger partial charge in [-0.2, -0.15) is 0 Å². The standard InChI is InChI=1S/C21H22N4O2S/c26-19-9-13(11-25(19)14-5-1-2-6-14)20(27)24-21-23-18(12-28-21)16-10-22-17-8-4-3-7-15(16)17/h3-4,7-8,10,12-14,22H,1-2,5-6,9,11H2,(H,23,24,27)/t13-/m1/s1. The highest BCUT2D eigenvalue weighted by Crippen LogP contribution is 2.32. The molecule has 2 N–H and O–H groups in total. The van der Waals surface area contributed by atoms with Gasteiger partial charge in [0.15, 0.2) is 5.13 Å². The third kappa shape index (κ3) is 3.09. The molecule has 1 aliphatic heterocycles. The number of fused-ring (bicyclic) bond motifs is 1. The summed E-state index contributed by atoms with van der Waals surface area (Å²) in [4.78, 5) is 34.8. The average Bonchev–Trinajstić information content (AvgIpc) is 3.47. The van der Waals surface area contributed by atoms with Gasteiger partial charge in [0, 0.05) is 47.1 Å². The highest BCUT2D eigenvalue weighted by molar-refractivity contribution is 7.14. The fourth-order valence-corrected chi connectivity index (χ4v) is 5.14. The number of likely N-dealkylation sites (tertiary alicyclic amines) is 1. The van der Waals surface area contributed by atoms with Crippen LogP contribution in [0.1, 0.15) is 32.1 Å². The third-order valence-electron chi connectivity index (χ3n) is 5.89. The van der Waals surface area contributed by atoms with Gasteiger partial charge in [-0.05, 0) is 18.9 Å². The molecule has 2 aliphatic rings. The zero-order valence-electron chi connectivity index (χ0n) is 15.5. The molecule has 0 bridgehead atoms. The number of nitrogens with one attached hydrogen (secondary N) is 2. The van der Waals surface area contributed by atoms with Gasteiger partial charge in [-0.25, -0.2) is 4.98 Å². The predicted octanol–water partition coefficient (Wildman–Crippen LogP) is 4.02. The molecule has 1 aromatic carbocycles. The maximum absolute atomic E-state index is 12.7. The van der Waals surface area contributed by atoms with E-state index < -0.39 is 0 Å². The van der Waals surface area contributed by atoms with Crippen LogP contribution in [0.2, 0.25) is 0 Å². The predicted molar refractivity (Wildman–Crippen MR) is 110 cm³/mol. The van der Waals surface area contributed by atoms with Gasteiger partial charge in [-0.3, -0.25) is 9.59 Å². The molecule has 2 aromatic heterocycles. The van der Waals surface area contributed by atoms with Crippen molar-refractivity contribution in [2.24, 2.45) is 5.92 Å². The Kier molecular flexibility index (Phi) is 4.39. The lowest BCUT2D eigenvalue weighted by Crippen LogP contribution is -2.35. The van der Waals surface area contributed by atoms with E-state index in [0.29, 0.717) is 24.1 Å². The molecular weight excluding hydrogens is 372 g/mol. The Bertz CT molecular complexity index is 1030. The number of thiazole rings is 1. The van der Waals surface area contributed by atoms with Crippen molar-refractivity contribution in [2.75, 3.05) is 11.9 Å². The fourth-order valence-electron chi connectivity index (χ4n) is 4.42. The second-order valence-electron chi connectivity index (χ2n) is 7.66. The van der Waals surface area contributed by atoms with E-state index in [-0.39, 0.29) is 17.7 Å². The quantitative estimate of drug-likeness (QED) is 0.701. The molecule has 3 heterocycles. The van der Waals surface area contributed by atoms with Crippen LogP contribution in [-0.2, 0) is 9.59 Å². The summed E-state index contributed by atoms with van der Waals surface area (Å²) in [7, 11) is 0. The maximum Gasteiger partial charge on any atom is 0.231 e. The Balaban J connectivity index is 1.28. The van der Waals surface area contributed by atoms with E-state index in [2.05, 4.69) is 21.4 Å². The number of carbonyl (C=O) groups excluding carboxylic acids is 2. The van der Waals surface area contributed by atoms with Crippen molar-refractivity contribution >= 4 is 39.2 Å². The van der Waals surface area contributed by atoms with Crippen LogP contribution in [0.4, 0.5) is 5.13 Å². The van der Waals surface area contributed by atoms with E-state index in [9.17, 15) is 9.59 Å². The van der Waals surface area contributed by atoms with E-state index in [4.69, 9.17) is 0 Å². The second kappa shape index (κ2) is 7.05. The molecule has 144 valence electrons. The molecule has 1 saturated carbocycles. The first-order chi connectivity index (χ1) is 13.7. The highest BCUT2D eigenvalue weighted by Gasteiger charge is 2.38. The number of para-hydroxylation sites is 1. The first-order valence-electron chi connectivity index (χ1n) is 9.81. The largest absolute Gasteiger partial charge is 0.360 e. The van der Waals surface area contributed by atoms with Gasteiger partial charge in [-0.1, -0.05) is 31.0 Å². The van der Waals surface area contributed by atoms with Crippen molar-refractivity contribution in [3.05, 3.63) is 35.8 Å². The molecule has 1 saturated heterocycles. The molecule has 0 radical (unpaired) electrons. The zero-order valence-corrected chi connectivity index (χ0v) is 16.3. The topological polar surface area (TPSA) is 78.1 Å². The van der Waals surface area contributed by atoms with Gasteiger partial charge in [0.1, 0.15) is 0 Å². The normalized spacial score (nSPS) is 20.4. The third-order valence-corrected chi connectivity index (χ3v) is 6.65. The zero-order chi connectivity index (χ0) is 19.1. The van der Waals surface area contributed by atoms with Gasteiger partial charge < -0.3 is 15.2 Å². The summed E-state index contributed by atoms with van der Waals surface area (Å²) in [6.45, 7) is 0.538. The van der Waals surface area contributed by atoms with Gasteiger partial charge in [-0.15, -0.1) is 11.3 Å². The number of hydrogen-bond acceptors (Lipinski definition) is 4. The van der Waals surface area contributed by atoms with Crippen molar-refractivity contribution in [1.82, 2.24) is 14.9 Å². The molecule has 2 fully saturated rings. The lowest BCUT2D eigenvalue weighted by molar-refractivity contribution is -0.129. The summed E-state index contributed by atoms with van der Waals surface area (Å²) >= 11 is 1.41. The van der Waals surface area contributed by atoms with Crippen LogP contribution in [0.25, 0.3) is 22.2 Å². The molecule has 7 heteroatoms. The van der Waals surface area contributed by atoms with E-state index >= 15 is 0 Å². The first-order valence-corrected chi connectivity index (χ1v) is 10.7. The number of benzene rings is 1. The molecular formula is C21H22N4O2S. The fraction of sp³-hybridized carbons (Fsp3) is 0.381. The summed E-state index contributed by atoms with van der Waals surface area (Å²) in [5.41, 5.74) is 2.93. The highest BCUT2D eigenvalue weighted by atomic mass is 32.1. The number of rotatable bonds is 4. The lowest BCUT2D eigenvalue weighted by Gasteiger charge is -2.23. The lowest BCUT2D eigenvalue weighted by atomic mass is 10.1. The van der Waals surface area contributed by atoms with Gasteiger partial charge in [0.25, 0.3) is 0 Å². The molecule has 6 nitrogen and oxygen atoms in total. The molecule has 3 aromatic rings. The monoisotopic (exact) mass is 394 g/mol. The van der Waals surface area contributed by atoms with Crippen molar-refractivity contribution in [3.63, 3.8) is 0 Å². The Morgan fingerprint density at radius 1 is 1.25 bits per heavy atom. The van der Waals surface area contributed by atoms with Crippen molar-refractivity contribution in [2.45, 2.75) is 38.1 Å². The van der Waals surface area contributed by atoms with Crippen molar-refractivity contribution in [1.29, 1.82) is 0 Å². The van der Waals surface area contributed by atoms with E-state index in [1.54, 1.807) is 0 Å². The van der Waals surface area contributed by atoms with Crippen molar-refractivity contribution in [3.8, 4) is 11.3 Å². The average molecular weight is 395 g/mol. The molecule has 5 rings (SSSR count). The van der Waals surface area contributed by atoms with E-state index in [1.165, 1.54) is 24.2 Å². The molecule has 0 spiro atoms. The number of anilines is 1. The molecule has 1 aliphatic carbocycles. The summed E-state index contributed by atoms with van der Waals surface area (Å²) < 4.78 is 0. The van der Waals surface area contributed by atoms with Crippen LogP contribution in [0, 0.1) is 5.92 Å². The molecule has 28 heavy (non-hydrogen) atoms. The number of aromatic amines is 1. The summed E-state index contributed by atoms with van der Waals surface area (Å²) in [6, 6.07) is 8.41. The Morgan fingerprint density at radius 3 is 2.93 bits per heavy atom. The molecule has 0 unspecified atom stereocenters. The van der Waals surface area contributed by atoms with Crippen LogP contribution >= 0.6 is 11.3 Å². The summed E-state index contributed by atoms with van der Waals surface area (Å²) in [6.07, 6.45) is 6.76. The number of amides is 2. The first kappa shape index (κ1) is 17.4. The Morgan fingerprint density at radius 2 is 2.07 bits per heavy atom. The van der Waals surface area contributed by atoms with Gasteiger partial charge in [0.2, 0.25) is 11.8 Å². The second-order valence-corrected chi connectivity index (χ2v) is 8.52. The number of nitrogens with zero attached hydrogens (tertiary/aromatic N) is 2. The molecule has 1 atom stereocenters. The Labute approximate surface area is 167 Å². The Hall–Kier alpha value is -2.67. The smallest absolute Gasteiger partial charge is 0.231 e. The van der Waals surface area contributed by atoms with Gasteiger partial charge >= 0.3 is 0 Å². The van der Waals surface area contributed by atoms with Gasteiger partial charge in [0.05, 0.1) is 11.6 Å². The maximum atomic E-state index is 12.7. The summed E-state index contributed by atoms with van der Waals surface area (Å²) in [5, 5.41) is 6.57. The van der Waals surface area contributed by atoms with Crippen LogP contribution in [0.15, 0.2) is 35.8 Å². The van der Waals surface area contributed by atoms with E-state index in [1.807, 2.05) is 34.7 Å². The minimum absolute atomic E-state index is 0.103. The minimum atomic E-state index is -0.284. The van der Waals surface area contributed by atoms with Crippen LogP contribution in [-0.4, -0.2) is 39.3 Å². The number of hydrogen-bond donors (Lipinski definition) is 2. The van der Waals surface area contributed by atoms with Crippen LogP contribution < -0.4 is 5.32 Å². The molecule has 2 amide bonds. The van der Waals surface area contributed by atoms with Crippen LogP contribution in [0.5, 0.6) is 0 Å². The SMILES string of the molecule is O=C(Nc1nc(-c2c[nH]c3ccccc23)cs1)[C@@H]1CC(=O)N(C2CCCC2)C1. The van der Waals surface area contributed by atoms with Crippen molar-refractivity contribution < 1.29 is 9.59 Å². The number of aromatic nitrogens is 2.